The van der Waals surface area contributed by atoms with Gasteiger partial charge >= 0.3 is 0 Å². The molecule has 150 valence electrons. The lowest BCUT2D eigenvalue weighted by Gasteiger charge is -2.23. The smallest absolute Gasteiger partial charge is 0.133 e. The molecule has 0 N–H and O–H groups in total. The molecule has 2 aromatic heterocycles. The highest BCUT2D eigenvalue weighted by Gasteiger charge is 2.16. The first-order chi connectivity index (χ1) is 14.1. The van der Waals surface area contributed by atoms with Gasteiger partial charge < -0.3 is 14.2 Å². The second-order valence-corrected chi connectivity index (χ2v) is 7.49. The molecule has 0 unspecified atom stereocenters. The van der Waals surface area contributed by atoms with Gasteiger partial charge in [0.25, 0.3) is 0 Å². The fraction of sp³-hybridized carbons (Fsp3) is 0.304. The Morgan fingerprint density at radius 1 is 1.07 bits per heavy atom. The summed E-state index contributed by atoms with van der Waals surface area (Å²) in [4.78, 5) is 8.87. The van der Waals surface area contributed by atoms with Gasteiger partial charge in [0.1, 0.15) is 23.6 Å². The number of nitrogens with zero attached hydrogens (tertiary/aromatic N) is 2. The van der Waals surface area contributed by atoms with Crippen LogP contribution < -0.4 is 4.74 Å². The number of aryl methyl sites for hydroxylation is 2. The first-order valence-corrected chi connectivity index (χ1v) is 10.00. The molecule has 0 saturated carbocycles. The van der Waals surface area contributed by atoms with Gasteiger partial charge in [0.2, 0.25) is 0 Å². The monoisotopic (exact) mass is 410 g/mol. The van der Waals surface area contributed by atoms with E-state index in [0.29, 0.717) is 37.3 Å². The van der Waals surface area contributed by atoms with Crippen molar-refractivity contribution in [3.63, 3.8) is 0 Å². The van der Waals surface area contributed by atoms with Gasteiger partial charge in [0.15, 0.2) is 0 Å². The van der Waals surface area contributed by atoms with Crippen LogP contribution in [0.25, 0.3) is 22.4 Å². The predicted molar refractivity (Wildman–Crippen MR) is 113 cm³/mol. The molecule has 1 saturated heterocycles. The molecule has 29 heavy (non-hydrogen) atoms. The largest absolute Gasteiger partial charge is 0.491 e. The van der Waals surface area contributed by atoms with Crippen LogP contribution in [0.2, 0.25) is 5.15 Å². The Kier molecular flexibility index (Phi) is 6.09. The number of ether oxygens (including phenoxy) is 3. The molecular formula is C23H23ClN2O3. The molecule has 1 aliphatic heterocycles. The Balaban J connectivity index is 1.55. The molecule has 1 aromatic carbocycles. The van der Waals surface area contributed by atoms with Gasteiger partial charge in [0.05, 0.1) is 25.5 Å². The lowest BCUT2D eigenvalue weighted by molar-refractivity contribution is -0.101. The molecule has 0 amide bonds. The summed E-state index contributed by atoms with van der Waals surface area (Å²) in [6.45, 7) is 6.24. The minimum absolute atomic E-state index is 0.0664. The van der Waals surface area contributed by atoms with Crippen molar-refractivity contribution in [1.82, 2.24) is 9.97 Å². The lowest BCUT2D eigenvalue weighted by atomic mass is 9.98. The van der Waals surface area contributed by atoms with Gasteiger partial charge in [0, 0.05) is 35.2 Å². The summed E-state index contributed by atoms with van der Waals surface area (Å²) in [6, 6.07) is 14.0. The van der Waals surface area contributed by atoms with E-state index in [9.17, 15) is 0 Å². The second kappa shape index (κ2) is 8.91. The van der Waals surface area contributed by atoms with Crippen molar-refractivity contribution in [2.24, 2.45) is 0 Å². The molecule has 5 nitrogen and oxygen atoms in total. The standard InChI is InChI=1S/C23H23ClN2O3/c1-15-9-17(18-4-3-16(2)25-12-18)5-6-21(15)22-10-19(11-23(24)26-22)29-14-20-13-27-7-8-28-20/h3-6,9-12,20H,7-8,13-14H2,1-2H3/t20-/m1/s1. The highest BCUT2D eigenvalue weighted by Crippen LogP contribution is 2.30. The van der Waals surface area contributed by atoms with Crippen LogP contribution in [0.5, 0.6) is 5.75 Å². The van der Waals surface area contributed by atoms with Crippen LogP contribution in [0.15, 0.2) is 48.7 Å². The zero-order valence-electron chi connectivity index (χ0n) is 16.5. The van der Waals surface area contributed by atoms with Crippen molar-refractivity contribution >= 4 is 11.6 Å². The zero-order valence-corrected chi connectivity index (χ0v) is 17.3. The molecule has 3 heterocycles. The third kappa shape index (κ3) is 4.93. The van der Waals surface area contributed by atoms with Gasteiger partial charge in [-0.2, -0.15) is 0 Å². The van der Waals surface area contributed by atoms with Crippen molar-refractivity contribution in [1.29, 1.82) is 0 Å². The summed E-state index contributed by atoms with van der Waals surface area (Å²) in [5, 5.41) is 0.393. The number of halogens is 1. The van der Waals surface area contributed by atoms with Crippen molar-refractivity contribution in [3.8, 4) is 28.1 Å². The van der Waals surface area contributed by atoms with Crippen LogP contribution in [0.1, 0.15) is 11.3 Å². The average Bonchev–Trinajstić information content (AvgIpc) is 2.73. The van der Waals surface area contributed by atoms with Gasteiger partial charge in [-0.15, -0.1) is 0 Å². The summed E-state index contributed by atoms with van der Waals surface area (Å²) in [6.07, 6.45) is 1.83. The SMILES string of the molecule is Cc1ccc(-c2ccc(-c3cc(OC[C@H]4COCCO4)cc(Cl)n3)c(C)c2)cn1. The zero-order chi connectivity index (χ0) is 20.2. The van der Waals surface area contributed by atoms with E-state index >= 15 is 0 Å². The van der Waals surface area contributed by atoms with Crippen molar-refractivity contribution in [2.45, 2.75) is 20.0 Å². The second-order valence-electron chi connectivity index (χ2n) is 7.11. The number of rotatable bonds is 5. The predicted octanol–water partition coefficient (Wildman–Crippen LogP) is 4.88. The van der Waals surface area contributed by atoms with E-state index in [-0.39, 0.29) is 6.10 Å². The van der Waals surface area contributed by atoms with Gasteiger partial charge in [-0.1, -0.05) is 35.9 Å². The van der Waals surface area contributed by atoms with Crippen LogP contribution >= 0.6 is 11.6 Å². The Morgan fingerprint density at radius 3 is 2.66 bits per heavy atom. The van der Waals surface area contributed by atoms with Crippen molar-refractivity contribution < 1.29 is 14.2 Å². The maximum Gasteiger partial charge on any atom is 0.133 e. The van der Waals surface area contributed by atoms with Gasteiger partial charge in [-0.05, 0) is 31.0 Å². The number of benzene rings is 1. The minimum Gasteiger partial charge on any atom is -0.491 e. The Labute approximate surface area is 175 Å². The normalized spacial score (nSPS) is 16.6. The molecule has 0 radical (unpaired) electrons. The summed E-state index contributed by atoms with van der Waals surface area (Å²) >= 11 is 6.26. The maximum atomic E-state index is 6.26. The van der Waals surface area contributed by atoms with E-state index in [1.165, 1.54) is 0 Å². The van der Waals surface area contributed by atoms with Crippen LogP contribution in [0.4, 0.5) is 0 Å². The van der Waals surface area contributed by atoms with E-state index in [0.717, 1.165) is 33.6 Å². The first-order valence-electron chi connectivity index (χ1n) is 9.62. The summed E-state index contributed by atoms with van der Waals surface area (Å²) in [7, 11) is 0. The maximum absolute atomic E-state index is 6.26. The number of aromatic nitrogens is 2. The highest BCUT2D eigenvalue weighted by molar-refractivity contribution is 6.29. The molecule has 0 aliphatic carbocycles. The third-order valence-electron chi connectivity index (χ3n) is 4.84. The minimum atomic E-state index is -0.0664. The Hall–Kier alpha value is -2.47. The topological polar surface area (TPSA) is 53.5 Å². The number of hydrogen-bond donors (Lipinski definition) is 0. The molecule has 3 aromatic rings. The fourth-order valence-corrected chi connectivity index (χ4v) is 3.48. The molecule has 0 bridgehead atoms. The molecule has 1 fully saturated rings. The Morgan fingerprint density at radius 2 is 1.93 bits per heavy atom. The molecule has 0 spiro atoms. The molecule has 1 aliphatic rings. The molecule has 4 rings (SSSR count). The molecular weight excluding hydrogens is 388 g/mol. The number of pyridine rings is 2. The van der Waals surface area contributed by atoms with Crippen LogP contribution in [-0.2, 0) is 9.47 Å². The van der Waals surface area contributed by atoms with E-state index in [1.54, 1.807) is 6.07 Å². The quantitative estimate of drug-likeness (QED) is 0.561. The lowest BCUT2D eigenvalue weighted by Crippen LogP contribution is -2.33. The van der Waals surface area contributed by atoms with E-state index in [4.69, 9.17) is 25.8 Å². The number of hydrogen-bond acceptors (Lipinski definition) is 5. The van der Waals surface area contributed by atoms with E-state index in [1.807, 2.05) is 25.3 Å². The van der Waals surface area contributed by atoms with Gasteiger partial charge in [-0.25, -0.2) is 4.98 Å². The highest BCUT2D eigenvalue weighted by atomic mass is 35.5. The third-order valence-corrected chi connectivity index (χ3v) is 5.03. The van der Waals surface area contributed by atoms with E-state index in [2.05, 4.69) is 41.2 Å². The first kappa shape index (κ1) is 19.8. The van der Waals surface area contributed by atoms with Crippen LogP contribution in [0.3, 0.4) is 0 Å². The summed E-state index contributed by atoms with van der Waals surface area (Å²) < 4.78 is 16.9. The fourth-order valence-electron chi connectivity index (χ4n) is 3.29. The molecule has 1 atom stereocenters. The van der Waals surface area contributed by atoms with Crippen molar-refractivity contribution in [3.05, 3.63) is 65.1 Å². The Bertz CT molecular complexity index is 986. The average molecular weight is 411 g/mol. The van der Waals surface area contributed by atoms with Crippen LogP contribution in [0, 0.1) is 13.8 Å². The summed E-state index contributed by atoms with van der Waals surface area (Å²) in [5.74, 6) is 0.667. The van der Waals surface area contributed by atoms with Crippen molar-refractivity contribution in [2.75, 3.05) is 26.4 Å². The van der Waals surface area contributed by atoms with Gasteiger partial charge in [-0.3, -0.25) is 4.98 Å². The van der Waals surface area contributed by atoms with Crippen LogP contribution in [-0.4, -0.2) is 42.5 Å². The summed E-state index contributed by atoms with van der Waals surface area (Å²) in [5.41, 5.74) is 6.10. The molecule has 6 heteroatoms. The van der Waals surface area contributed by atoms with E-state index < -0.39 is 0 Å².